The number of nitro benzene ring substituents is 1. The van der Waals surface area contributed by atoms with Crippen molar-refractivity contribution in [2.45, 2.75) is 37.6 Å². The topological polar surface area (TPSA) is 112 Å². The molecule has 3 rings (SSSR count). The predicted molar refractivity (Wildman–Crippen MR) is 113 cm³/mol. The zero-order valence-corrected chi connectivity index (χ0v) is 18.4. The number of amides is 1. The number of rotatable bonds is 8. The molecule has 0 unspecified atom stereocenters. The van der Waals surface area contributed by atoms with Crippen LogP contribution in [-0.4, -0.2) is 75.4 Å². The summed E-state index contributed by atoms with van der Waals surface area (Å²) >= 11 is 0. The molecule has 1 aliphatic heterocycles. The first kappa shape index (κ1) is 23.1. The van der Waals surface area contributed by atoms with E-state index in [-0.39, 0.29) is 28.4 Å². The number of nitro groups is 1. The smallest absolute Gasteiger partial charge is 0.327 e. The van der Waals surface area contributed by atoms with Crippen molar-refractivity contribution in [3.63, 3.8) is 0 Å². The van der Waals surface area contributed by atoms with Crippen molar-refractivity contribution in [1.29, 1.82) is 0 Å². The highest BCUT2D eigenvalue weighted by molar-refractivity contribution is 6.00. The van der Waals surface area contributed by atoms with E-state index in [0.717, 1.165) is 38.8 Å². The Morgan fingerprint density at radius 3 is 2.32 bits per heavy atom. The summed E-state index contributed by atoms with van der Waals surface area (Å²) in [5.41, 5.74) is -0.721. The molecular weight excluding hydrogens is 406 g/mol. The van der Waals surface area contributed by atoms with Gasteiger partial charge in [-0.3, -0.25) is 19.8 Å². The second kappa shape index (κ2) is 10.1. The molecule has 31 heavy (non-hydrogen) atoms. The number of ether oxygens (including phenoxy) is 4. The molecule has 2 fully saturated rings. The quantitative estimate of drug-likeness (QED) is 0.487. The van der Waals surface area contributed by atoms with Gasteiger partial charge in [0.1, 0.15) is 5.56 Å². The number of nitrogens with one attached hydrogen (secondary N) is 1. The van der Waals surface area contributed by atoms with Crippen LogP contribution in [0.4, 0.5) is 5.69 Å². The third-order valence-corrected chi connectivity index (χ3v) is 6.28. The first-order valence-corrected chi connectivity index (χ1v) is 10.6. The van der Waals surface area contributed by atoms with Crippen LogP contribution < -0.4 is 19.5 Å². The molecule has 1 N–H and O–H groups in total. The van der Waals surface area contributed by atoms with Gasteiger partial charge in [0.2, 0.25) is 11.5 Å². The van der Waals surface area contributed by atoms with Crippen molar-refractivity contribution in [3.8, 4) is 17.2 Å². The van der Waals surface area contributed by atoms with Gasteiger partial charge in [-0.2, -0.15) is 0 Å². The van der Waals surface area contributed by atoms with E-state index in [1.807, 2.05) is 0 Å². The van der Waals surface area contributed by atoms with E-state index in [9.17, 15) is 14.9 Å². The molecule has 10 heteroatoms. The van der Waals surface area contributed by atoms with Crippen molar-refractivity contribution >= 4 is 11.6 Å². The average molecular weight is 437 g/mol. The fourth-order valence-electron chi connectivity index (χ4n) is 4.69. The number of carbonyl (C=O) groups is 1. The number of benzene rings is 1. The van der Waals surface area contributed by atoms with E-state index in [0.29, 0.717) is 19.8 Å². The lowest BCUT2D eigenvalue weighted by Crippen LogP contribution is -2.59. The largest absolute Gasteiger partial charge is 0.493 e. The molecule has 0 atom stereocenters. The Morgan fingerprint density at radius 2 is 1.77 bits per heavy atom. The highest BCUT2D eigenvalue weighted by Crippen LogP contribution is 2.46. The summed E-state index contributed by atoms with van der Waals surface area (Å²) in [5.74, 6) is -0.414. The molecule has 1 saturated heterocycles. The molecule has 0 radical (unpaired) electrons. The Labute approximate surface area is 181 Å². The lowest BCUT2D eigenvalue weighted by molar-refractivity contribution is -0.386. The van der Waals surface area contributed by atoms with Crippen molar-refractivity contribution in [3.05, 3.63) is 21.7 Å². The van der Waals surface area contributed by atoms with Gasteiger partial charge >= 0.3 is 5.69 Å². The fraction of sp³-hybridized carbons (Fsp3) is 0.667. The van der Waals surface area contributed by atoms with Crippen LogP contribution in [0.1, 0.15) is 42.5 Å². The monoisotopic (exact) mass is 437 g/mol. The van der Waals surface area contributed by atoms with Gasteiger partial charge in [0, 0.05) is 31.2 Å². The molecule has 1 aromatic carbocycles. The van der Waals surface area contributed by atoms with Crippen molar-refractivity contribution in [2.75, 3.05) is 54.2 Å². The molecule has 0 spiro atoms. The second-order valence-electron chi connectivity index (χ2n) is 7.87. The van der Waals surface area contributed by atoms with Crippen molar-refractivity contribution < 1.29 is 28.7 Å². The summed E-state index contributed by atoms with van der Waals surface area (Å²) in [4.78, 5) is 26.8. The molecule has 1 aromatic rings. The van der Waals surface area contributed by atoms with Gasteiger partial charge in [-0.05, 0) is 12.8 Å². The van der Waals surface area contributed by atoms with E-state index in [1.165, 1.54) is 33.8 Å². The van der Waals surface area contributed by atoms with Gasteiger partial charge in [-0.25, -0.2) is 0 Å². The van der Waals surface area contributed by atoms with E-state index in [4.69, 9.17) is 18.9 Å². The standard InChI is InChI=1S/C21H31N3O7/c1-28-16-13-15(17(24(26)27)19(30-3)18(16)29-2)20(25)22-14-21(7-5-4-6-8-21)23-9-11-31-12-10-23/h13H,4-12,14H2,1-3H3,(H,22,25). The Kier molecular flexibility index (Phi) is 7.55. The maximum Gasteiger partial charge on any atom is 0.327 e. The summed E-state index contributed by atoms with van der Waals surface area (Å²) in [6, 6.07) is 1.33. The SMILES string of the molecule is COc1cc(C(=O)NCC2(N3CCOCC3)CCCCC2)c([N+](=O)[O-])c(OC)c1OC. The van der Waals surface area contributed by atoms with Crippen molar-refractivity contribution in [1.82, 2.24) is 10.2 Å². The number of hydrogen-bond donors (Lipinski definition) is 1. The maximum absolute atomic E-state index is 13.2. The Balaban J connectivity index is 1.90. The molecule has 1 heterocycles. The van der Waals surface area contributed by atoms with Crippen LogP contribution in [0.15, 0.2) is 6.07 Å². The lowest BCUT2D eigenvalue weighted by atomic mass is 9.79. The van der Waals surface area contributed by atoms with Gasteiger partial charge in [0.25, 0.3) is 5.91 Å². The Bertz CT molecular complexity index is 803. The number of hydrogen-bond acceptors (Lipinski definition) is 8. The molecule has 0 aromatic heterocycles. The minimum atomic E-state index is -0.631. The molecular formula is C21H31N3O7. The lowest BCUT2D eigenvalue weighted by Gasteiger charge is -2.48. The number of nitrogens with zero attached hydrogens (tertiary/aromatic N) is 2. The van der Waals surface area contributed by atoms with Crippen LogP contribution in [0.5, 0.6) is 17.2 Å². The highest BCUT2D eigenvalue weighted by atomic mass is 16.6. The molecule has 1 aliphatic carbocycles. The van der Waals surface area contributed by atoms with Gasteiger partial charge in [0.05, 0.1) is 39.5 Å². The van der Waals surface area contributed by atoms with Crippen molar-refractivity contribution in [2.24, 2.45) is 0 Å². The van der Waals surface area contributed by atoms with Crippen LogP contribution in [-0.2, 0) is 4.74 Å². The van der Waals surface area contributed by atoms with Crippen LogP contribution in [0.2, 0.25) is 0 Å². The summed E-state index contributed by atoms with van der Waals surface area (Å²) < 4.78 is 21.2. The minimum Gasteiger partial charge on any atom is -0.493 e. The normalized spacial score (nSPS) is 18.8. The Morgan fingerprint density at radius 1 is 1.13 bits per heavy atom. The summed E-state index contributed by atoms with van der Waals surface area (Å²) in [7, 11) is 4.06. The van der Waals surface area contributed by atoms with Gasteiger partial charge in [-0.15, -0.1) is 0 Å². The predicted octanol–water partition coefficient (Wildman–Crippen LogP) is 2.39. The zero-order chi connectivity index (χ0) is 22.4. The maximum atomic E-state index is 13.2. The molecule has 1 amide bonds. The second-order valence-corrected chi connectivity index (χ2v) is 7.87. The zero-order valence-electron chi connectivity index (χ0n) is 18.4. The summed E-state index contributed by atoms with van der Waals surface area (Å²) in [6.45, 7) is 3.40. The van der Waals surface area contributed by atoms with E-state index >= 15 is 0 Å². The number of methoxy groups -OCH3 is 3. The van der Waals surface area contributed by atoms with Crippen LogP contribution in [0.25, 0.3) is 0 Å². The van der Waals surface area contributed by atoms with Crippen LogP contribution in [0.3, 0.4) is 0 Å². The molecule has 0 bridgehead atoms. The van der Waals surface area contributed by atoms with E-state index in [1.54, 1.807) is 0 Å². The summed E-state index contributed by atoms with van der Waals surface area (Å²) in [6.07, 6.45) is 5.32. The van der Waals surface area contributed by atoms with E-state index in [2.05, 4.69) is 10.2 Å². The Hall–Kier alpha value is -2.59. The first-order valence-electron chi connectivity index (χ1n) is 10.6. The van der Waals surface area contributed by atoms with Crippen LogP contribution in [0, 0.1) is 10.1 Å². The molecule has 10 nitrogen and oxygen atoms in total. The number of carbonyl (C=O) groups excluding carboxylic acids is 1. The first-order chi connectivity index (χ1) is 15.0. The van der Waals surface area contributed by atoms with Gasteiger partial charge in [0.15, 0.2) is 5.75 Å². The molecule has 1 saturated carbocycles. The van der Waals surface area contributed by atoms with Crippen LogP contribution >= 0.6 is 0 Å². The number of morpholine rings is 1. The van der Waals surface area contributed by atoms with E-state index < -0.39 is 16.5 Å². The van der Waals surface area contributed by atoms with Gasteiger partial charge in [-0.1, -0.05) is 19.3 Å². The highest BCUT2D eigenvalue weighted by Gasteiger charge is 2.40. The minimum absolute atomic E-state index is 0.0744. The molecule has 2 aliphatic rings. The third kappa shape index (κ3) is 4.69. The third-order valence-electron chi connectivity index (χ3n) is 6.28. The summed E-state index contributed by atoms with van der Waals surface area (Å²) in [5, 5.41) is 14.8. The average Bonchev–Trinajstić information content (AvgIpc) is 2.81. The fourth-order valence-corrected chi connectivity index (χ4v) is 4.69. The molecule has 172 valence electrons. The van der Waals surface area contributed by atoms with Gasteiger partial charge < -0.3 is 24.3 Å².